The van der Waals surface area contributed by atoms with E-state index in [1.165, 1.54) is 7.11 Å². The molecule has 1 saturated heterocycles. The fourth-order valence-corrected chi connectivity index (χ4v) is 3.47. The summed E-state index contributed by atoms with van der Waals surface area (Å²) in [5.41, 5.74) is 1.04. The minimum atomic E-state index is -0.311. The Labute approximate surface area is 165 Å². The summed E-state index contributed by atoms with van der Waals surface area (Å²) < 4.78 is 4.75. The van der Waals surface area contributed by atoms with E-state index in [1.807, 2.05) is 30.3 Å². The number of esters is 1. The number of carbonyl (C=O) groups is 2. The maximum absolute atomic E-state index is 13.3. The molecule has 1 unspecified atom stereocenters. The predicted octanol–water partition coefficient (Wildman–Crippen LogP) is 2.28. The maximum Gasteiger partial charge on any atom is 0.307 e. The molecular weight excluding hydrogens is 356 g/mol. The number of hydrogen-bond donors (Lipinski definition) is 0. The first-order valence-corrected chi connectivity index (χ1v) is 9.59. The first kappa shape index (κ1) is 19.8. The van der Waals surface area contributed by atoms with Crippen LogP contribution in [0.4, 0.5) is 5.95 Å². The van der Waals surface area contributed by atoms with Gasteiger partial charge in [-0.05, 0) is 24.5 Å². The molecule has 0 saturated carbocycles. The zero-order chi connectivity index (χ0) is 19.8. The zero-order valence-electron chi connectivity index (χ0n) is 16.2. The topological polar surface area (TPSA) is 75.6 Å². The smallest absolute Gasteiger partial charge is 0.307 e. The molecule has 1 aliphatic heterocycles. The molecular formula is C21H26N4O3. The second-order valence-electron chi connectivity index (χ2n) is 6.91. The standard InChI is InChI=1S/C21H26N4O3/c1-28-19(26)10-14-24(15-17-7-3-2-4-8-17)20(27)18-9-5-13-25(16-18)21-22-11-6-12-23-21/h2-4,6-8,11-12,18H,5,9-10,13-16H2,1H3. The molecule has 2 aromatic rings. The lowest BCUT2D eigenvalue weighted by Crippen LogP contribution is -2.45. The first-order valence-electron chi connectivity index (χ1n) is 9.59. The fourth-order valence-electron chi connectivity index (χ4n) is 3.47. The summed E-state index contributed by atoms with van der Waals surface area (Å²) in [7, 11) is 1.37. The molecule has 1 atom stereocenters. The molecule has 0 aliphatic carbocycles. The lowest BCUT2D eigenvalue weighted by molar-refractivity contribution is -0.142. The summed E-state index contributed by atoms with van der Waals surface area (Å²) in [6, 6.07) is 11.6. The molecule has 1 aromatic carbocycles. The molecule has 1 amide bonds. The molecule has 1 aromatic heterocycles. The summed E-state index contributed by atoms with van der Waals surface area (Å²) in [6.07, 6.45) is 5.35. The van der Waals surface area contributed by atoms with Crippen LogP contribution in [0.5, 0.6) is 0 Å². The third-order valence-electron chi connectivity index (χ3n) is 4.95. The number of nitrogens with zero attached hydrogens (tertiary/aromatic N) is 4. The van der Waals surface area contributed by atoms with Crippen molar-refractivity contribution in [3.63, 3.8) is 0 Å². The molecule has 7 nitrogen and oxygen atoms in total. The van der Waals surface area contributed by atoms with Crippen LogP contribution < -0.4 is 4.90 Å². The minimum absolute atomic E-state index is 0.0633. The third kappa shape index (κ3) is 5.28. The van der Waals surface area contributed by atoms with E-state index < -0.39 is 0 Å². The van der Waals surface area contributed by atoms with Crippen molar-refractivity contribution < 1.29 is 14.3 Å². The molecule has 1 fully saturated rings. The van der Waals surface area contributed by atoms with Crippen molar-refractivity contribution in [2.45, 2.75) is 25.8 Å². The number of methoxy groups -OCH3 is 1. The number of anilines is 1. The van der Waals surface area contributed by atoms with E-state index in [-0.39, 0.29) is 24.2 Å². The zero-order valence-corrected chi connectivity index (χ0v) is 16.2. The normalized spacial score (nSPS) is 16.5. The number of hydrogen-bond acceptors (Lipinski definition) is 6. The van der Waals surface area contributed by atoms with Crippen molar-refractivity contribution in [3.05, 3.63) is 54.4 Å². The average molecular weight is 382 g/mol. The van der Waals surface area contributed by atoms with Gasteiger partial charge in [0.25, 0.3) is 0 Å². The highest BCUT2D eigenvalue weighted by molar-refractivity contribution is 5.80. The molecule has 1 aliphatic rings. The Morgan fingerprint density at radius 1 is 1.18 bits per heavy atom. The number of amides is 1. The van der Waals surface area contributed by atoms with E-state index in [2.05, 4.69) is 14.9 Å². The van der Waals surface area contributed by atoms with Crippen molar-refractivity contribution in [3.8, 4) is 0 Å². The van der Waals surface area contributed by atoms with Gasteiger partial charge >= 0.3 is 5.97 Å². The monoisotopic (exact) mass is 382 g/mol. The van der Waals surface area contributed by atoms with Gasteiger partial charge < -0.3 is 14.5 Å². The Morgan fingerprint density at radius 3 is 2.64 bits per heavy atom. The van der Waals surface area contributed by atoms with Gasteiger partial charge in [-0.1, -0.05) is 30.3 Å². The average Bonchev–Trinajstić information content (AvgIpc) is 2.77. The lowest BCUT2D eigenvalue weighted by Gasteiger charge is -2.35. The molecule has 28 heavy (non-hydrogen) atoms. The van der Waals surface area contributed by atoms with Gasteiger partial charge in [0.2, 0.25) is 11.9 Å². The quantitative estimate of drug-likeness (QED) is 0.684. The van der Waals surface area contributed by atoms with E-state index in [4.69, 9.17) is 4.74 Å². The molecule has 148 valence electrons. The van der Waals surface area contributed by atoms with Gasteiger partial charge in [-0.25, -0.2) is 9.97 Å². The Morgan fingerprint density at radius 2 is 1.93 bits per heavy atom. The van der Waals surface area contributed by atoms with Crippen LogP contribution in [0.3, 0.4) is 0 Å². The number of carbonyl (C=O) groups excluding carboxylic acids is 2. The maximum atomic E-state index is 13.3. The molecule has 0 spiro atoms. The summed E-state index contributed by atoms with van der Waals surface area (Å²) in [6.45, 7) is 2.26. The minimum Gasteiger partial charge on any atom is -0.469 e. The van der Waals surface area contributed by atoms with Gasteiger partial charge in [-0.15, -0.1) is 0 Å². The number of ether oxygens (including phenoxy) is 1. The molecule has 0 radical (unpaired) electrons. The Kier molecular flexibility index (Phi) is 6.94. The molecule has 2 heterocycles. The van der Waals surface area contributed by atoms with Crippen molar-refractivity contribution >= 4 is 17.8 Å². The second kappa shape index (κ2) is 9.82. The molecule has 7 heteroatoms. The third-order valence-corrected chi connectivity index (χ3v) is 4.95. The van der Waals surface area contributed by atoms with E-state index in [0.29, 0.717) is 25.6 Å². The molecule has 3 rings (SSSR count). The molecule has 0 N–H and O–H groups in total. The first-order chi connectivity index (χ1) is 13.7. The summed E-state index contributed by atoms with van der Waals surface area (Å²) in [4.78, 5) is 37.4. The van der Waals surface area contributed by atoms with Crippen LogP contribution in [0.15, 0.2) is 48.8 Å². The van der Waals surface area contributed by atoms with Gasteiger partial charge in [0.15, 0.2) is 0 Å². The predicted molar refractivity (Wildman–Crippen MR) is 105 cm³/mol. The van der Waals surface area contributed by atoms with E-state index >= 15 is 0 Å². The van der Waals surface area contributed by atoms with Crippen LogP contribution >= 0.6 is 0 Å². The van der Waals surface area contributed by atoms with Crippen molar-refractivity contribution in [2.24, 2.45) is 5.92 Å². The van der Waals surface area contributed by atoms with Crippen molar-refractivity contribution in [1.29, 1.82) is 0 Å². The van der Waals surface area contributed by atoms with Crippen LogP contribution in [0.25, 0.3) is 0 Å². The highest BCUT2D eigenvalue weighted by Gasteiger charge is 2.30. The van der Waals surface area contributed by atoms with Crippen molar-refractivity contribution in [1.82, 2.24) is 14.9 Å². The number of rotatable bonds is 7. The Balaban J connectivity index is 1.70. The van der Waals surface area contributed by atoms with Crippen LogP contribution in [0.1, 0.15) is 24.8 Å². The largest absolute Gasteiger partial charge is 0.469 e. The van der Waals surface area contributed by atoms with Crippen LogP contribution in [0, 0.1) is 5.92 Å². The van der Waals surface area contributed by atoms with Crippen molar-refractivity contribution in [2.75, 3.05) is 31.6 Å². The SMILES string of the molecule is COC(=O)CCN(Cc1ccccc1)C(=O)C1CCCN(c2ncccn2)C1. The Hall–Kier alpha value is -2.96. The molecule has 0 bridgehead atoms. The van der Waals surface area contributed by atoms with E-state index in [0.717, 1.165) is 24.9 Å². The summed E-state index contributed by atoms with van der Waals surface area (Å²) in [5.74, 6) is 0.269. The lowest BCUT2D eigenvalue weighted by atomic mass is 9.96. The van der Waals surface area contributed by atoms with Gasteiger partial charge in [0, 0.05) is 38.6 Å². The van der Waals surface area contributed by atoms with Gasteiger partial charge in [0.05, 0.1) is 19.4 Å². The van der Waals surface area contributed by atoms with E-state index in [9.17, 15) is 9.59 Å². The fraction of sp³-hybridized carbons (Fsp3) is 0.429. The number of aromatic nitrogens is 2. The van der Waals surface area contributed by atoms with Crippen LogP contribution in [-0.4, -0.2) is 53.5 Å². The number of benzene rings is 1. The summed E-state index contributed by atoms with van der Waals surface area (Å²) >= 11 is 0. The highest BCUT2D eigenvalue weighted by Crippen LogP contribution is 2.23. The van der Waals surface area contributed by atoms with Gasteiger partial charge in [-0.3, -0.25) is 9.59 Å². The van der Waals surface area contributed by atoms with E-state index in [1.54, 1.807) is 23.4 Å². The van der Waals surface area contributed by atoms with Crippen LogP contribution in [0.2, 0.25) is 0 Å². The Bertz CT molecular complexity index is 770. The second-order valence-corrected chi connectivity index (χ2v) is 6.91. The highest BCUT2D eigenvalue weighted by atomic mass is 16.5. The van der Waals surface area contributed by atoms with Gasteiger partial charge in [-0.2, -0.15) is 0 Å². The van der Waals surface area contributed by atoms with Crippen LogP contribution in [-0.2, 0) is 20.9 Å². The summed E-state index contributed by atoms with van der Waals surface area (Å²) in [5, 5.41) is 0. The number of piperidine rings is 1. The van der Waals surface area contributed by atoms with Gasteiger partial charge in [0.1, 0.15) is 0 Å².